The van der Waals surface area contributed by atoms with Crippen LogP contribution >= 0.6 is 0 Å². The van der Waals surface area contributed by atoms with Gasteiger partial charge in [0, 0.05) is 39.3 Å². The van der Waals surface area contributed by atoms with Crippen molar-refractivity contribution in [1.82, 2.24) is 0 Å². The van der Waals surface area contributed by atoms with Crippen LogP contribution in [0.2, 0.25) is 0 Å². The molecule has 72 heavy (non-hydrogen) atoms. The predicted molar refractivity (Wildman–Crippen MR) is 303 cm³/mol. The van der Waals surface area contributed by atoms with Gasteiger partial charge in [0.25, 0.3) is 0 Å². The fourth-order valence-corrected chi connectivity index (χ4v) is 12.4. The topological polar surface area (TPSA) is 6.48 Å². The monoisotopic (exact) mass is 916 g/mol. The second-order valence-corrected chi connectivity index (χ2v) is 19.3. The summed E-state index contributed by atoms with van der Waals surface area (Å²) in [6, 6.07) is 92.2. The van der Waals surface area contributed by atoms with Gasteiger partial charge in [0.05, 0.1) is 16.8 Å². The first-order valence-corrected chi connectivity index (χ1v) is 24.9. The van der Waals surface area contributed by atoms with Gasteiger partial charge >= 0.3 is 0 Å². The summed E-state index contributed by atoms with van der Waals surface area (Å²) in [5.74, 6) is 0. The van der Waals surface area contributed by atoms with Crippen molar-refractivity contribution >= 4 is 44.9 Å². The zero-order chi connectivity index (χ0) is 47.9. The van der Waals surface area contributed by atoms with Crippen molar-refractivity contribution in [1.29, 1.82) is 0 Å². The first kappa shape index (κ1) is 41.7. The summed E-state index contributed by atoms with van der Waals surface area (Å²) < 4.78 is 0. The van der Waals surface area contributed by atoms with E-state index in [2.05, 4.69) is 278 Å². The Labute approximate surface area is 421 Å². The normalized spacial score (nSPS) is 13.8. The van der Waals surface area contributed by atoms with Gasteiger partial charge in [-0.05, 0) is 145 Å². The van der Waals surface area contributed by atoms with E-state index in [4.69, 9.17) is 0 Å². The standard InChI is InChI=1S/C70H48N2/c1-3-17-67-68-46(2)18-16-27-61(68)62-41-34-51-23-10-11-24-56(51)69(62)72(67)55-40-43-60-59-42-39-54(44-65(59)70(66(60)45-55)63-28-14-12-25-57(63)58-26-13-15-29-64(58)70)71(52-35-30-49(31-36-52)47-19-6-4-7-20-47)53-37-32-50(33-38-53)48-21-8-5-9-22-48/h3-45H,1H2,2H3/b67-17+. The molecule has 338 valence electrons. The summed E-state index contributed by atoms with van der Waals surface area (Å²) in [4.78, 5) is 4.95. The number of rotatable bonds is 7. The van der Waals surface area contributed by atoms with E-state index >= 15 is 0 Å². The molecule has 0 saturated carbocycles. The molecule has 0 aromatic heterocycles. The molecule has 3 aliphatic rings. The highest BCUT2D eigenvalue weighted by molar-refractivity contribution is 6.14. The summed E-state index contributed by atoms with van der Waals surface area (Å²) >= 11 is 0. The van der Waals surface area contributed by atoms with Gasteiger partial charge in [-0.15, -0.1) is 0 Å². The van der Waals surface area contributed by atoms with Crippen LogP contribution in [0.1, 0.15) is 33.4 Å². The van der Waals surface area contributed by atoms with Crippen LogP contribution in [0.4, 0.5) is 28.4 Å². The molecule has 0 N–H and O–H groups in total. The highest BCUT2D eigenvalue weighted by atomic mass is 15.2. The van der Waals surface area contributed by atoms with Gasteiger partial charge in [-0.2, -0.15) is 0 Å². The minimum atomic E-state index is -0.614. The van der Waals surface area contributed by atoms with Crippen LogP contribution in [0.5, 0.6) is 0 Å². The van der Waals surface area contributed by atoms with Gasteiger partial charge in [-0.1, -0.05) is 213 Å². The molecule has 0 saturated heterocycles. The average Bonchev–Trinajstić information content (AvgIpc) is 3.91. The molecule has 0 radical (unpaired) electrons. The number of hydrogen-bond acceptors (Lipinski definition) is 2. The SMILES string of the molecule is C=C/C=C1\c2c(C)cccc2-c2ccc3ccccc3c2N1c1ccc2c(c1)C1(c3ccccc3-c3ccccc31)c1cc(N(c3ccc(-c4ccccc4)cc3)c3ccc(-c4ccccc4)cc3)ccc1-2. The third kappa shape index (κ3) is 6.16. The molecular weight excluding hydrogens is 869 g/mol. The highest BCUT2D eigenvalue weighted by Crippen LogP contribution is 2.64. The van der Waals surface area contributed by atoms with E-state index in [9.17, 15) is 0 Å². The number of hydrogen-bond donors (Lipinski definition) is 0. The maximum atomic E-state index is 4.29. The Morgan fingerprint density at radius 1 is 0.403 bits per heavy atom. The number of aryl methyl sites for hydroxylation is 1. The molecule has 2 heteroatoms. The maximum Gasteiger partial charge on any atom is 0.0727 e. The third-order valence-corrected chi connectivity index (χ3v) is 15.5. The number of anilines is 5. The van der Waals surface area contributed by atoms with Crippen LogP contribution in [0, 0.1) is 6.92 Å². The van der Waals surface area contributed by atoms with E-state index in [1.54, 1.807) is 0 Å². The van der Waals surface area contributed by atoms with Gasteiger partial charge in [0.15, 0.2) is 0 Å². The zero-order valence-electron chi connectivity index (χ0n) is 39.9. The Kier molecular flexibility index (Phi) is 9.52. The lowest BCUT2D eigenvalue weighted by Gasteiger charge is -2.38. The van der Waals surface area contributed by atoms with Gasteiger partial charge < -0.3 is 9.80 Å². The summed E-state index contributed by atoms with van der Waals surface area (Å²) in [6.45, 7) is 6.52. The van der Waals surface area contributed by atoms with Crippen LogP contribution < -0.4 is 9.80 Å². The van der Waals surface area contributed by atoms with E-state index in [1.807, 2.05) is 6.08 Å². The Morgan fingerprint density at radius 3 is 1.54 bits per heavy atom. The molecule has 14 rings (SSSR count). The molecule has 0 amide bonds. The maximum absolute atomic E-state index is 4.29. The van der Waals surface area contributed by atoms with Crippen molar-refractivity contribution in [3.63, 3.8) is 0 Å². The van der Waals surface area contributed by atoms with Crippen molar-refractivity contribution in [2.24, 2.45) is 0 Å². The van der Waals surface area contributed by atoms with Gasteiger partial charge in [-0.25, -0.2) is 0 Å². The zero-order valence-corrected chi connectivity index (χ0v) is 39.9. The van der Waals surface area contributed by atoms with Gasteiger partial charge in [-0.3, -0.25) is 0 Å². The largest absolute Gasteiger partial charge is 0.310 e. The quantitative estimate of drug-likeness (QED) is 0.157. The number of nitrogens with zero attached hydrogens (tertiary/aromatic N) is 2. The number of fused-ring (bicyclic) bond motifs is 15. The smallest absolute Gasteiger partial charge is 0.0727 e. The molecule has 0 fully saturated rings. The molecule has 0 unspecified atom stereocenters. The molecule has 2 aliphatic carbocycles. The molecule has 1 spiro atoms. The van der Waals surface area contributed by atoms with Crippen LogP contribution in [-0.4, -0.2) is 0 Å². The molecule has 1 heterocycles. The number of benzene rings is 11. The lowest BCUT2D eigenvalue weighted by Crippen LogP contribution is -2.27. The van der Waals surface area contributed by atoms with Gasteiger partial charge in [0.1, 0.15) is 0 Å². The predicted octanol–water partition coefficient (Wildman–Crippen LogP) is 18.6. The second-order valence-electron chi connectivity index (χ2n) is 19.3. The fourth-order valence-electron chi connectivity index (χ4n) is 12.4. The molecule has 1 aliphatic heterocycles. The molecule has 11 aromatic rings. The van der Waals surface area contributed by atoms with Crippen molar-refractivity contribution in [3.05, 3.63) is 301 Å². The first-order valence-electron chi connectivity index (χ1n) is 24.9. The fraction of sp³-hybridized carbons (Fsp3) is 0.0286. The van der Waals surface area contributed by atoms with Crippen LogP contribution in [0.3, 0.4) is 0 Å². The minimum Gasteiger partial charge on any atom is -0.310 e. The molecule has 0 atom stereocenters. The Hall–Kier alpha value is -9.24. The first-order chi connectivity index (χ1) is 35.6. The van der Waals surface area contributed by atoms with Crippen LogP contribution in [-0.2, 0) is 5.41 Å². The van der Waals surface area contributed by atoms with Crippen molar-refractivity contribution in [2.45, 2.75) is 12.3 Å². The van der Waals surface area contributed by atoms with E-state index in [0.29, 0.717) is 0 Å². The van der Waals surface area contributed by atoms with Crippen molar-refractivity contribution in [3.8, 4) is 55.6 Å². The summed E-state index contributed by atoms with van der Waals surface area (Å²) in [5.41, 5.74) is 26.0. The molecule has 2 nitrogen and oxygen atoms in total. The summed E-state index contributed by atoms with van der Waals surface area (Å²) in [6.07, 6.45) is 4.15. The lowest BCUT2D eigenvalue weighted by molar-refractivity contribution is 0.793. The Morgan fingerprint density at radius 2 is 0.903 bits per heavy atom. The summed E-state index contributed by atoms with van der Waals surface area (Å²) in [7, 11) is 0. The molecular formula is C70H48N2. The minimum absolute atomic E-state index is 0.614. The van der Waals surface area contributed by atoms with E-state index in [0.717, 1.165) is 28.4 Å². The van der Waals surface area contributed by atoms with E-state index in [1.165, 1.54) is 105 Å². The lowest BCUT2D eigenvalue weighted by atomic mass is 9.70. The van der Waals surface area contributed by atoms with Crippen molar-refractivity contribution in [2.75, 3.05) is 9.80 Å². The van der Waals surface area contributed by atoms with Crippen LogP contribution in [0.15, 0.2) is 267 Å². The average molecular weight is 917 g/mol. The molecule has 11 aromatic carbocycles. The third-order valence-electron chi connectivity index (χ3n) is 15.5. The van der Waals surface area contributed by atoms with E-state index < -0.39 is 5.41 Å². The second kappa shape index (κ2) is 16.4. The number of allylic oxidation sites excluding steroid dienone is 2. The van der Waals surface area contributed by atoms with Crippen molar-refractivity contribution < 1.29 is 0 Å². The molecule has 0 bridgehead atoms. The van der Waals surface area contributed by atoms with Gasteiger partial charge in [0.2, 0.25) is 0 Å². The highest BCUT2D eigenvalue weighted by Gasteiger charge is 2.52. The Balaban J connectivity index is 1.01. The summed E-state index contributed by atoms with van der Waals surface area (Å²) in [5, 5.41) is 2.42. The van der Waals surface area contributed by atoms with Crippen LogP contribution in [0.25, 0.3) is 72.1 Å². The van der Waals surface area contributed by atoms with E-state index in [-0.39, 0.29) is 0 Å². The Bertz CT molecular complexity index is 3870.